The molecule has 3 aromatic rings. The molecular weight excluding hydrogens is 433 g/mol. The van der Waals surface area contributed by atoms with Gasteiger partial charge in [-0.3, -0.25) is 4.79 Å². The molecule has 1 aromatic heterocycles. The maximum atomic E-state index is 13.2. The van der Waals surface area contributed by atoms with E-state index in [1.165, 1.54) is 18.2 Å². The molecule has 0 aliphatic carbocycles. The van der Waals surface area contributed by atoms with E-state index in [4.69, 9.17) is 4.74 Å². The molecule has 0 bridgehead atoms. The molecule has 0 radical (unpaired) electrons. The minimum atomic E-state index is -3.11. The topological polar surface area (TPSA) is 90.3 Å². The molecule has 168 valence electrons. The van der Waals surface area contributed by atoms with E-state index >= 15 is 0 Å². The third kappa shape index (κ3) is 6.27. The van der Waals surface area contributed by atoms with Crippen molar-refractivity contribution >= 4 is 27.5 Å². The molecule has 1 heterocycles. The van der Waals surface area contributed by atoms with Crippen molar-refractivity contribution in [1.29, 1.82) is 0 Å². The fourth-order valence-electron chi connectivity index (χ4n) is 3.05. The number of halogens is 1. The van der Waals surface area contributed by atoms with Crippen molar-refractivity contribution in [3.05, 3.63) is 77.4 Å². The highest BCUT2D eigenvalue weighted by molar-refractivity contribution is 7.90. The molecule has 0 aliphatic rings. The van der Waals surface area contributed by atoms with Gasteiger partial charge in [0.1, 0.15) is 18.2 Å². The Morgan fingerprint density at radius 3 is 2.59 bits per heavy atom. The summed E-state index contributed by atoms with van der Waals surface area (Å²) in [4.78, 5) is 12.4. The average molecular weight is 458 g/mol. The summed E-state index contributed by atoms with van der Waals surface area (Å²) in [6, 6.07) is 12.7. The van der Waals surface area contributed by atoms with Gasteiger partial charge in [-0.15, -0.1) is 0 Å². The third-order valence-electron chi connectivity index (χ3n) is 4.64. The number of carbonyl (C=O) groups is 1. The molecule has 0 saturated heterocycles. The van der Waals surface area contributed by atoms with Gasteiger partial charge < -0.3 is 10.1 Å². The predicted octanol–water partition coefficient (Wildman–Crippen LogP) is 3.70. The van der Waals surface area contributed by atoms with Crippen LogP contribution in [0.25, 0.3) is 11.8 Å². The van der Waals surface area contributed by atoms with Gasteiger partial charge in [0.05, 0.1) is 17.1 Å². The van der Waals surface area contributed by atoms with Gasteiger partial charge >= 0.3 is 0 Å². The molecule has 1 amide bonds. The van der Waals surface area contributed by atoms with Crippen LogP contribution in [0.3, 0.4) is 0 Å². The maximum Gasteiger partial charge on any atom is 0.248 e. The Morgan fingerprint density at radius 2 is 1.91 bits per heavy atom. The summed E-state index contributed by atoms with van der Waals surface area (Å²) >= 11 is 0. The summed E-state index contributed by atoms with van der Waals surface area (Å²) in [7, 11) is -3.11. The fourth-order valence-corrected chi connectivity index (χ4v) is 3.43. The summed E-state index contributed by atoms with van der Waals surface area (Å²) in [6.07, 6.45) is 4.23. The number of hydrogen-bond acceptors (Lipinski definition) is 5. The average Bonchev–Trinajstić information content (AvgIpc) is 3.00. The Labute approximate surface area is 186 Å². The zero-order chi connectivity index (χ0) is 23.3. The first-order valence-electron chi connectivity index (χ1n) is 9.84. The van der Waals surface area contributed by atoms with Crippen LogP contribution < -0.4 is 10.1 Å². The molecule has 0 aliphatic heterocycles. The van der Waals surface area contributed by atoms with E-state index < -0.39 is 9.84 Å². The van der Waals surface area contributed by atoms with Crippen LogP contribution in [0.15, 0.2) is 54.6 Å². The zero-order valence-corrected chi connectivity index (χ0v) is 18.8. The number of aromatic nitrogens is 2. The minimum Gasteiger partial charge on any atom is -0.492 e. The Hall–Kier alpha value is -3.46. The molecule has 0 spiro atoms. The van der Waals surface area contributed by atoms with Crippen LogP contribution >= 0.6 is 0 Å². The molecule has 2 aromatic carbocycles. The van der Waals surface area contributed by atoms with Crippen LogP contribution in [-0.2, 0) is 14.6 Å². The van der Waals surface area contributed by atoms with Gasteiger partial charge in [0, 0.05) is 35.3 Å². The van der Waals surface area contributed by atoms with Crippen molar-refractivity contribution in [1.82, 2.24) is 9.78 Å². The van der Waals surface area contributed by atoms with Crippen LogP contribution in [-0.4, -0.2) is 42.7 Å². The Bertz CT molecular complexity index is 1250. The van der Waals surface area contributed by atoms with Crippen molar-refractivity contribution in [2.45, 2.75) is 13.8 Å². The first-order valence-corrected chi connectivity index (χ1v) is 11.9. The highest BCUT2D eigenvalue weighted by Gasteiger charge is 2.11. The van der Waals surface area contributed by atoms with E-state index in [2.05, 4.69) is 10.4 Å². The zero-order valence-electron chi connectivity index (χ0n) is 18.0. The lowest BCUT2D eigenvalue weighted by molar-refractivity contribution is -0.111. The number of nitrogens with zero attached hydrogens (tertiary/aromatic N) is 2. The van der Waals surface area contributed by atoms with Gasteiger partial charge in [0.2, 0.25) is 5.91 Å². The summed E-state index contributed by atoms with van der Waals surface area (Å²) in [5.41, 5.74) is 3.59. The van der Waals surface area contributed by atoms with Crippen molar-refractivity contribution < 1.29 is 22.3 Å². The lowest BCUT2D eigenvalue weighted by Crippen LogP contribution is -2.12. The smallest absolute Gasteiger partial charge is 0.248 e. The van der Waals surface area contributed by atoms with E-state index in [-0.39, 0.29) is 24.1 Å². The first kappa shape index (κ1) is 23.2. The molecule has 0 atom stereocenters. The minimum absolute atomic E-state index is 0.0345. The second-order valence-electron chi connectivity index (χ2n) is 7.30. The lowest BCUT2D eigenvalue weighted by Gasteiger charge is -2.08. The molecule has 32 heavy (non-hydrogen) atoms. The molecule has 1 N–H and O–H groups in total. The number of aryl methyl sites for hydroxylation is 1. The lowest BCUT2D eigenvalue weighted by atomic mass is 10.2. The number of benzene rings is 2. The Balaban J connectivity index is 1.67. The number of amides is 1. The van der Waals surface area contributed by atoms with E-state index in [0.29, 0.717) is 11.4 Å². The standard InChI is InChI=1S/C23H24FN3O4S/c1-16-22(17(2)27(26-16)20-9-7-18(24)8-10-20)11-12-23(28)25-19-5-4-6-21(15-19)31-13-14-32(3,29)30/h4-12,15H,13-14H2,1-3H3,(H,25,28)/b12-11+. The van der Waals surface area contributed by atoms with Gasteiger partial charge in [-0.1, -0.05) is 6.07 Å². The maximum absolute atomic E-state index is 13.2. The monoisotopic (exact) mass is 457 g/mol. The Kier molecular flexibility index (Phi) is 7.09. The molecule has 0 fully saturated rings. The van der Waals surface area contributed by atoms with Crippen molar-refractivity contribution in [3.63, 3.8) is 0 Å². The van der Waals surface area contributed by atoms with E-state index in [9.17, 15) is 17.6 Å². The van der Waals surface area contributed by atoms with Crippen LogP contribution in [0, 0.1) is 19.7 Å². The van der Waals surface area contributed by atoms with Crippen molar-refractivity contribution in [2.75, 3.05) is 23.9 Å². The second-order valence-corrected chi connectivity index (χ2v) is 9.56. The number of rotatable bonds is 8. The summed E-state index contributed by atoms with van der Waals surface area (Å²) < 4.78 is 42.7. The largest absolute Gasteiger partial charge is 0.492 e. The van der Waals surface area contributed by atoms with Gasteiger partial charge in [-0.2, -0.15) is 5.10 Å². The van der Waals surface area contributed by atoms with Crippen LogP contribution in [0.1, 0.15) is 17.0 Å². The molecule has 0 saturated carbocycles. The van der Waals surface area contributed by atoms with Gasteiger partial charge in [-0.25, -0.2) is 17.5 Å². The summed E-state index contributed by atoms with van der Waals surface area (Å²) in [5.74, 6) is -0.289. The van der Waals surface area contributed by atoms with Gasteiger partial charge in [0.25, 0.3) is 0 Å². The SMILES string of the molecule is Cc1nn(-c2ccc(F)cc2)c(C)c1/C=C/C(=O)Nc1cccc(OCCS(C)(=O)=O)c1. The number of sulfone groups is 1. The van der Waals surface area contributed by atoms with Crippen LogP contribution in [0.2, 0.25) is 0 Å². The van der Waals surface area contributed by atoms with Gasteiger partial charge in [-0.05, 0) is 56.3 Å². The second kappa shape index (κ2) is 9.78. The number of carbonyl (C=O) groups excluding carboxylic acids is 1. The summed E-state index contributed by atoms with van der Waals surface area (Å²) in [5, 5.41) is 7.23. The molecule has 0 unspecified atom stereocenters. The van der Waals surface area contributed by atoms with E-state index in [0.717, 1.165) is 28.9 Å². The third-order valence-corrected chi connectivity index (χ3v) is 5.55. The number of hydrogen-bond donors (Lipinski definition) is 1. The molecule has 7 nitrogen and oxygen atoms in total. The quantitative estimate of drug-likeness (QED) is 0.521. The molecule has 3 rings (SSSR count). The number of ether oxygens (including phenoxy) is 1. The van der Waals surface area contributed by atoms with Crippen molar-refractivity contribution in [3.8, 4) is 11.4 Å². The van der Waals surface area contributed by atoms with E-state index in [1.54, 1.807) is 47.2 Å². The number of nitrogens with one attached hydrogen (secondary N) is 1. The predicted molar refractivity (Wildman–Crippen MR) is 122 cm³/mol. The van der Waals surface area contributed by atoms with Crippen molar-refractivity contribution in [2.24, 2.45) is 0 Å². The Morgan fingerprint density at radius 1 is 1.19 bits per heavy atom. The normalized spacial score (nSPS) is 11.6. The van der Waals surface area contributed by atoms with E-state index in [1.807, 2.05) is 13.8 Å². The highest BCUT2D eigenvalue weighted by Crippen LogP contribution is 2.20. The van der Waals surface area contributed by atoms with Crippen LogP contribution in [0.4, 0.5) is 10.1 Å². The fraction of sp³-hybridized carbons (Fsp3) is 0.217. The highest BCUT2D eigenvalue weighted by atomic mass is 32.2. The summed E-state index contributed by atoms with van der Waals surface area (Å²) in [6.45, 7) is 3.74. The first-order chi connectivity index (χ1) is 15.1. The molecule has 9 heteroatoms. The van der Waals surface area contributed by atoms with Crippen LogP contribution in [0.5, 0.6) is 5.75 Å². The molecular formula is C23H24FN3O4S. The van der Waals surface area contributed by atoms with Gasteiger partial charge in [0.15, 0.2) is 9.84 Å². The number of anilines is 1.